The van der Waals surface area contributed by atoms with E-state index in [0.29, 0.717) is 12.1 Å². The van der Waals surface area contributed by atoms with Gasteiger partial charge in [0.05, 0.1) is 18.2 Å². The highest BCUT2D eigenvalue weighted by Crippen LogP contribution is 2.19. The van der Waals surface area contributed by atoms with Crippen molar-refractivity contribution in [2.24, 2.45) is 0 Å². The Balaban J connectivity index is 1.99. The first kappa shape index (κ1) is 16.7. The number of rotatable bonds is 5. The number of aryl methyl sites for hydroxylation is 2. The molecule has 4 heteroatoms. The molecule has 0 aliphatic heterocycles. The predicted molar refractivity (Wildman–Crippen MR) is 92.0 cm³/mol. The lowest BCUT2D eigenvalue weighted by molar-refractivity contribution is -0.117. The zero-order valence-electron chi connectivity index (χ0n) is 13.8. The van der Waals surface area contributed by atoms with E-state index in [-0.39, 0.29) is 12.5 Å². The minimum atomic E-state index is -0.0562. The van der Waals surface area contributed by atoms with Gasteiger partial charge in [-0.25, -0.2) is 0 Å². The minimum absolute atomic E-state index is 0.0562. The minimum Gasteiger partial charge on any atom is -0.324 e. The van der Waals surface area contributed by atoms with Crippen molar-refractivity contribution in [3.05, 3.63) is 64.7 Å². The van der Waals surface area contributed by atoms with Crippen LogP contribution in [-0.2, 0) is 11.3 Å². The van der Waals surface area contributed by atoms with Crippen LogP contribution in [0.4, 0.5) is 5.69 Å². The van der Waals surface area contributed by atoms with Crippen molar-refractivity contribution < 1.29 is 4.79 Å². The van der Waals surface area contributed by atoms with Crippen molar-refractivity contribution in [1.29, 1.82) is 5.26 Å². The Bertz CT molecular complexity index is 726. The lowest BCUT2D eigenvalue weighted by Crippen LogP contribution is -2.30. The van der Waals surface area contributed by atoms with Gasteiger partial charge in [-0.3, -0.25) is 9.69 Å². The Morgan fingerprint density at radius 1 is 1.13 bits per heavy atom. The van der Waals surface area contributed by atoms with E-state index in [1.54, 1.807) is 6.07 Å². The fourth-order valence-corrected chi connectivity index (χ4v) is 2.55. The lowest BCUT2D eigenvalue weighted by Gasteiger charge is -2.18. The van der Waals surface area contributed by atoms with Crippen LogP contribution in [0.5, 0.6) is 0 Å². The highest BCUT2D eigenvalue weighted by molar-refractivity contribution is 5.93. The summed E-state index contributed by atoms with van der Waals surface area (Å²) >= 11 is 0. The van der Waals surface area contributed by atoms with E-state index < -0.39 is 0 Å². The quantitative estimate of drug-likeness (QED) is 0.922. The highest BCUT2D eigenvalue weighted by atomic mass is 16.2. The molecule has 0 aliphatic carbocycles. The van der Waals surface area contributed by atoms with Crippen LogP contribution in [0.1, 0.15) is 22.3 Å². The average Bonchev–Trinajstić information content (AvgIpc) is 2.51. The van der Waals surface area contributed by atoms with Crippen LogP contribution >= 0.6 is 0 Å². The summed E-state index contributed by atoms with van der Waals surface area (Å²) in [4.78, 5) is 14.2. The number of nitrogens with one attached hydrogen (secondary N) is 1. The zero-order valence-corrected chi connectivity index (χ0v) is 13.8. The Labute approximate surface area is 137 Å². The van der Waals surface area contributed by atoms with E-state index in [1.807, 2.05) is 62.2 Å². The number of hydrogen-bond acceptors (Lipinski definition) is 3. The second-order valence-electron chi connectivity index (χ2n) is 5.76. The molecule has 4 nitrogen and oxygen atoms in total. The predicted octanol–water partition coefficient (Wildman–Crippen LogP) is 3.25. The molecule has 2 rings (SSSR count). The number of anilines is 1. The second kappa shape index (κ2) is 7.57. The number of likely N-dealkylation sites (N-methyl/N-ethyl adjacent to an activating group) is 1. The van der Waals surface area contributed by atoms with Gasteiger partial charge in [-0.1, -0.05) is 36.4 Å². The number of amides is 1. The Morgan fingerprint density at radius 2 is 1.78 bits per heavy atom. The van der Waals surface area contributed by atoms with Crippen LogP contribution in [0, 0.1) is 25.2 Å². The summed E-state index contributed by atoms with van der Waals surface area (Å²) in [6, 6.07) is 15.6. The van der Waals surface area contributed by atoms with Crippen LogP contribution in [0.3, 0.4) is 0 Å². The van der Waals surface area contributed by atoms with Crippen molar-refractivity contribution in [3.8, 4) is 6.07 Å². The van der Waals surface area contributed by atoms with E-state index in [2.05, 4.69) is 11.4 Å². The Morgan fingerprint density at radius 3 is 2.43 bits per heavy atom. The highest BCUT2D eigenvalue weighted by Gasteiger charge is 2.11. The number of benzene rings is 2. The summed E-state index contributed by atoms with van der Waals surface area (Å²) < 4.78 is 0. The maximum Gasteiger partial charge on any atom is 0.238 e. The molecular formula is C19H21N3O. The van der Waals surface area contributed by atoms with Gasteiger partial charge < -0.3 is 5.32 Å². The lowest BCUT2D eigenvalue weighted by atomic mass is 10.1. The van der Waals surface area contributed by atoms with Crippen LogP contribution < -0.4 is 5.32 Å². The molecular weight excluding hydrogens is 286 g/mol. The molecule has 1 N–H and O–H groups in total. The van der Waals surface area contributed by atoms with Gasteiger partial charge in [0.1, 0.15) is 0 Å². The summed E-state index contributed by atoms with van der Waals surface area (Å²) in [6.07, 6.45) is 0. The summed E-state index contributed by atoms with van der Waals surface area (Å²) in [7, 11) is 1.87. The monoisotopic (exact) mass is 307 g/mol. The van der Waals surface area contributed by atoms with Gasteiger partial charge in [0, 0.05) is 12.2 Å². The summed E-state index contributed by atoms with van der Waals surface area (Å²) in [5, 5.41) is 12.1. The van der Waals surface area contributed by atoms with Gasteiger partial charge >= 0.3 is 0 Å². The van der Waals surface area contributed by atoms with Crippen LogP contribution in [0.15, 0.2) is 42.5 Å². The second-order valence-corrected chi connectivity index (χ2v) is 5.76. The van der Waals surface area contributed by atoms with E-state index in [1.165, 1.54) is 0 Å². The number of nitrogens with zero attached hydrogens (tertiary/aromatic N) is 2. The van der Waals surface area contributed by atoms with Gasteiger partial charge in [-0.15, -0.1) is 0 Å². The van der Waals surface area contributed by atoms with E-state index in [0.717, 1.165) is 22.4 Å². The topological polar surface area (TPSA) is 56.1 Å². The van der Waals surface area contributed by atoms with Gasteiger partial charge in [0.25, 0.3) is 0 Å². The van der Waals surface area contributed by atoms with Crippen LogP contribution in [-0.4, -0.2) is 24.4 Å². The first-order valence-corrected chi connectivity index (χ1v) is 7.54. The molecule has 0 unspecified atom stereocenters. The number of hydrogen-bond donors (Lipinski definition) is 1. The Hall–Kier alpha value is -2.64. The molecule has 118 valence electrons. The average molecular weight is 307 g/mol. The van der Waals surface area contributed by atoms with E-state index in [4.69, 9.17) is 5.26 Å². The molecule has 1 amide bonds. The molecule has 0 aliphatic rings. The summed E-state index contributed by atoms with van der Waals surface area (Å²) in [6.45, 7) is 4.79. The molecule has 0 atom stereocenters. The molecule has 0 fully saturated rings. The largest absolute Gasteiger partial charge is 0.324 e. The SMILES string of the molecule is Cc1cccc(C)c1NC(=O)CN(C)Cc1ccccc1C#N. The maximum absolute atomic E-state index is 12.3. The van der Waals surface area contributed by atoms with Crippen molar-refractivity contribution in [2.45, 2.75) is 20.4 Å². The number of carbonyl (C=O) groups excluding carboxylic acids is 1. The number of carbonyl (C=O) groups is 1. The fraction of sp³-hybridized carbons (Fsp3) is 0.263. The first-order chi connectivity index (χ1) is 11.0. The number of nitriles is 1. The van der Waals surface area contributed by atoms with Crippen molar-refractivity contribution in [3.63, 3.8) is 0 Å². The first-order valence-electron chi connectivity index (χ1n) is 7.54. The van der Waals surface area contributed by atoms with E-state index >= 15 is 0 Å². The molecule has 0 spiro atoms. The van der Waals surface area contributed by atoms with Crippen molar-refractivity contribution in [1.82, 2.24) is 4.90 Å². The summed E-state index contributed by atoms with van der Waals surface area (Å²) in [5.74, 6) is -0.0562. The molecule has 0 saturated carbocycles. The maximum atomic E-state index is 12.3. The smallest absolute Gasteiger partial charge is 0.238 e. The molecule has 2 aromatic carbocycles. The third-order valence-corrected chi connectivity index (χ3v) is 3.74. The molecule has 0 saturated heterocycles. The Kier molecular flexibility index (Phi) is 5.51. The summed E-state index contributed by atoms with van der Waals surface area (Å²) in [5.41, 5.74) is 4.56. The van der Waals surface area contributed by atoms with Crippen molar-refractivity contribution >= 4 is 11.6 Å². The molecule has 0 bridgehead atoms. The van der Waals surface area contributed by atoms with E-state index in [9.17, 15) is 4.79 Å². The standard InChI is InChI=1S/C19H21N3O/c1-14-7-6-8-15(2)19(14)21-18(23)13-22(3)12-17-10-5-4-9-16(17)11-20/h4-10H,12-13H2,1-3H3,(H,21,23). The van der Waals surface area contributed by atoms with Gasteiger partial charge in [-0.05, 0) is 43.7 Å². The molecule has 23 heavy (non-hydrogen) atoms. The molecule has 2 aromatic rings. The fourth-order valence-electron chi connectivity index (χ4n) is 2.55. The normalized spacial score (nSPS) is 10.4. The van der Waals surface area contributed by atoms with Crippen molar-refractivity contribution in [2.75, 3.05) is 18.9 Å². The zero-order chi connectivity index (χ0) is 16.8. The van der Waals surface area contributed by atoms with Crippen LogP contribution in [0.2, 0.25) is 0 Å². The van der Waals surface area contributed by atoms with Gasteiger partial charge in [0.15, 0.2) is 0 Å². The molecule has 0 radical (unpaired) electrons. The molecule has 0 aromatic heterocycles. The van der Waals surface area contributed by atoms with Gasteiger partial charge in [-0.2, -0.15) is 5.26 Å². The van der Waals surface area contributed by atoms with Crippen LogP contribution in [0.25, 0.3) is 0 Å². The third-order valence-electron chi connectivity index (χ3n) is 3.74. The molecule has 0 heterocycles. The number of para-hydroxylation sites is 1. The van der Waals surface area contributed by atoms with Gasteiger partial charge in [0.2, 0.25) is 5.91 Å². The third kappa shape index (κ3) is 4.41.